The second-order valence-corrected chi connectivity index (χ2v) is 4.79. The lowest BCUT2D eigenvalue weighted by Gasteiger charge is -2.08. The molecule has 1 aromatic heterocycles. The number of nitro benzene ring substituents is 1. The zero-order valence-corrected chi connectivity index (χ0v) is 13.0. The number of ether oxygens (including phenoxy) is 2. The van der Waals surface area contributed by atoms with Gasteiger partial charge in [-0.15, -0.1) is 0 Å². The lowest BCUT2D eigenvalue weighted by molar-refractivity contribution is -0.384. The Labute approximate surface area is 140 Å². The SMILES string of the molecule is COCn1ccc(C(=O)Nc2cc(OCC(F)F)cc([N+](=O)[O-])c2)n1. The van der Waals surface area contributed by atoms with Gasteiger partial charge in [0.25, 0.3) is 18.0 Å². The molecule has 0 fully saturated rings. The van der Waals surface area contributed by atoms with Gasteiger partial charge in [-0.25, -0.2) is 13.5 Å². The molecule has 1 N–H and O–H groups in total. The van der Waals surface area contributed by atoms with Gasteiger partial charge in [0, 0.05) is 25.4 Å². The molecule has 0 bridgehead atoms. The first kappa shape index (κ1) is 18.3. The van der Waals surface area contributed by atoms with Crippen molar-refractivity contribution in [3.05, 3.63) is 46.3 Å². The monoisotopic (exact) mass is 356 g/mol. The van der Waals surface area contributed by atoms with Gasteiger partial charge >= 0.3 is 0 Å². The number of aromatic nitrogens is 2. The average molecular weight is 356 g/mol. The molecule has 11 heteroatoms. The fourth-order valence-electron chi connectivity index (χ4n) is 1.89. The third kappa shape index (κ3) is 5.21. The standard InChI is InChI=1S/C14H14F2N4O5/c1-24-8-19-3-2-12(18-19)14(21)17-9-4-10(20(22)23)6-11(5-9)25-7-13(15)16/h2-6,13H,7-8H2,1H3,(H,17,21). The first-order valence-corrected chi connectivity index (χ1v) is 6.93. The molecule has 1 amide bonds. The zero-order valence-electron chi connectivity index (χ0n) is 13.0. The minimum Gasteiger partial charge on any atom is -0.487 e. The quantitative estimate of drug-likeness (QED) is 0.574. The summed E-state index contributed by atoms with van der Waals surface area (Å²) in [6.45, 7) is -0.772. The lowest BCUT2D eigenvalue weighted by Crippen LogP contribution is -2.14. The van der Waals surface area contributed by atoms with Crippen LogP contribution < -0.4 is 10.1 Å². The largest absolute Gasteiger partial charge is 0.487 e. The summed E-state index contributed by atoms with van der Waals surface area (Å²) in [6.07, 6.45) is -1.22. The maximum atomic E-state index is 12.2. The number of carbonyl (C=O) groups is 1. The minimum absolute atomic E-state index is 0.0183. The third-order valence-electron chi connectivity index (χ3n) is 2.87. The van der Waals surface area contributed by atoms with Crippen LogP contribution >= 0.6 is 0 Å². The van der Waals surface area contributed by atoms with Crippen molar-refractivity contribution in [2.24, 2.45) is 0 Å². The first-order chi connectivity index (χ1) is 11.9. The molecule has 2 rings (SSSR count). The van der Waals surface area contributed by atoms with Gasteiger partial charge in [-0.05, 0) is 6.07 Å². The van der Waals surface area contributed by atoms with Crippen LogP contribution in [0.4, 0.5) is 20.2 Å². The van der Waals surface area contributed by atoms with E-state index in [0.717, 1.165) is 12.1 Å². The molecule has 1 aromatic carbocycles. The Morgan fingerprint density at radius 3 is 2.84 bits per heavy atom. The molecule has 0 aliphatic carbocycles. The topological polar surface area (TPSA) is 109 Å². The molecule has 1 heterocycles. The number of methoxy groups -OCH3 is 1. The Kier molecular flexibility index (Phi) is 5.95. The summed E-state index contributed by atoms with van der Waals surface area (Å²) in [6, 6.07) is 4.71. The summed E-state index contributed by atoms with van der Waals surface area (Å²) in [7, 11) is 1.46. The van der Waals surface area contributed by atoms with E-state index in [-0.39, 0.29) is 23.9 Å². The number of non-ortho nitro benzene ring substituents is 1. The van der Waals surface area contributed by atoms with Gasteiger partial charge < -0.3 is 14.8 Å². The molecule has 0 aliphatic heterocycles. The molecule has 0 spiro atoms. The Balaban J connectivity index is 2.18. The van der Waals surface area contributed by atoms with E-state index in [4.69, 9.17) is 9.47 Å². The molecule has 0 radical (unpaired) electrons. The van der Waals surface area contributed by atoms with Gasteiger partial charge in [0.1, 0.15) is 19.1 Å². The van der Waals surface area contributed by atoms with E-state index < -0.39 is 29.6 Å². The average Bonchev–Trinajstić information content (AvgIpc) is 3.02. The number of alkyl halides is 2. The highest BCUT2D eigenvalue weighted by Crippen LogP contribution is 2.26. The fraction of sp³-hybridized carbons (Fsp3) is 0.286. The van der Waals surface area contributed by atoms with E-state index in [0.29, 0.717) is 0 Å². The van der Waals surface area contributed by atoms with E-state index >= 15 is 0 Å². The van der Waals surface area contributed by atoms with E-state index in [1.165, 1.54) is 30.1 Å². The predicted molar refractivity (Wildman–Crippen MR) is 81.8 cm³/mol. The van der Waals surface area contributed by atoms with Crippen LogP contribution in [0.1, 0.15) is 10.5 Å². The van der Waals surface area contributed by atoms with E-state index in [2.05, 4.69) is 10.4 Å². The third-order valence-corrected chi connectivity index (χ3v) is 2.87. The van der Waals surface area contributed by atoms with Gasteiger partial charge in [0.05, 0.1) is 16.7 Å². The molecular weight excluding hydrogens is 342 g/mol. The molecule has 134 valence electrons. The van der Waals surface area contributed by atoms with Crippen LogP contribution in [-0.4, -0.2) is 40.8 Å². The van der Waals surface area contributed by atoms with Crippen molar-refractivity contribution in [2.45, 2.75) is 13.2 Å². The van der Waals surface area contributed by atoms with Crippen molar-refractivity contribution in [1.29, 1.82) is 0 Å². The molecule has 0 unspecified atom stereocenters. The van der Waals surface area contributed by atoms with Gasteiger partial charge in [0.15, 0.2) is 5.69 Å². The smallest absolute Gasteiger partial charge is 0.276 e. The van der Waals surface area contributed by atoms with Crippen molar-refractivity contribution in [2.75, 3.05) is 19.0 Å². The Morgan fingerprint density at radius 2 is 2.20 bits per heavy atom. The van der Waals surface area contributed by atoms with E-state index in [1.54, 1.807) is 0 Å². The minimum atomic E-state index is -2.73. The fourth-order valence-corrected chi connectivity index (χ4v) is 1.89. The summed E-state index contributed by atoms with van der Waals surface area (Å²) >= 11 is 0. The summed E-state index contributed by atoms with van der Waals surface area (Å²) in [5, 5.41) is 17.3. The van der Waals surface area contributed by atoms with Crippen LogP contribution in [0.15, 0.2) is 30.5 Å². The van der Waals surface area contributed by atoms with Crippen LogP contribution in [0.2, 0.25) is 0 Å². The van der Waals surface area contributed by atoms with Crippen LogP contribution in [0, 0.1) is 10.1 Å². The van der Waals surface area contributed by atoms with E-state index in [1.807, 2.05) is 0 Å². The van der Waals surface area contributed by atoms with Crippen LogP contribution in [-0.2, 0) is 11.5 Å². The maximum absolute atomic E-state index is 12.2. The van der Waals surface area contributed by atoms with Gasteiger partial charge in [-0.3, -0.25) is 14.9 Å². The van der Waals surface area contributed by atoms with Crippen LogP contribution in [0.5, 0.6) is 5.75 Å². The summed E-state index contributed by atoms with van der Waals surface area (Å²) in [5.74, 6) is -0.787. The molecule has 0 aliphatic rings. The Hall–Kier alpha value is -3.08. The molecular formula is C14H14F2N4O5. The van der Waals surface area contributed by atoms with Gasteiger partial charge in [-0.2, -0.15) is 5.10 Å². The van der Waals surface area contributed by atoms with Crippen molar-refractivity contribution in [3.8, 4) is 5.75 Å². The second kappa shape index (κ2) is 8.15. The molecule has 0 atom stereocenters. The summed E-state index contributed by atoms with van der Waals surface area (Å²) in [5.41, 5.74) is -0.338. The van der Waals surface area contributed by atoms with Crippen LogP contribution in [0.3, 0.4) is 0 Å². The van der Waals surface area contributed by atoms with Crippen LogP contribution in [0.25, 0.3) is 0 Å². The number of carbonyl (C=O) groups excluding carboxylic acids is 1. The summed E-state index contributed by atoms with van der Waals surface area (Å²) < 4.78 is 35.5. The van der Waals surface area contributed by atoms with Gasteiger partial charge in [-0.1, -0.05) is 0 Å². The normalized spacial score (nSPS) is 10.7. The number of rotatable bonds is 8. The second-order valence-electron chi connectivity index (χ2n) is 4.79. The number of halogens is 2. The highest BCUT2D eigenvalue weighted by molar-refractivity contribution is 6.03. The molecule has 2 aromatic rings. The number of benzene rings is 1. The molecule has 9 nitrogen and oxygen atoms in total. The number of nitrogens with zero attached hydrogens (tertiary/aromatic N) is 3. The number of amides is 1. The Bertz CT molecular complexity index is 765. The maximum Gasteiger partial charge on any atom is 0.276 e. The highest BCUT2D eigenvalue weighted by atomic mass is 19.3. The number of anilines is 1. The number of hydrogen-bond donors (Lipinski definition) is 1. The molecule has 25 heavy (non-hydrogen) atoms. The lowest BCUT2D eigenvalue weighted by atomic mass is 10.2. The van der Waals surface area contributed by atoms with Crippen molar-refractivity contribution >= 4 is 17.3 Å². The van der Waals surface area contributed by atoms with Crippen molar-refractivity contribution < 1.29 is 28.0 Å². The molecule has 0 saturated heterocycles. The first-order valence-electron chi connectivity index (χ1n) is 6.93. The van der Waals surface area contributed by atoms with Crippen molar-refractivity contribution in [1.82, 2.24) is 9.78 Å². The Morgan fingerprint density at radius 1 is 1.44 bits per heavy atom. The highest BCUT2D eigenvalue weighted by Gasteiger charge is 2.16. The van der Waals surface area contributed by atoms with Gasteiger partial charge in [0.2, 0.25) is 0 Å². The zero-order chi connectivity index (χ0) is 18.4. The van der Waals surface area contributed by atoms with E-state index in [9.17, 15) is 23.7 Å². The van der Waals surface area contributed by atoms with Crippen molar-refractivity contribution in [3.63, 3.8) is 0 Å². The number of nitrogens with one attached hydrogen (secondary N) is 1. The number of hydrogen-bond acceptors (Lipinski definition) is 6. The number of nitro groups is 1. The molecule has 0 saturated carbocycles. The summed E-state index contributed by atoms with van der Waals surface area (Å²) in [4.78, 5) is 22.3. The predicted octanol–water partition coefficient (Wildman–Crippen LogP) is 2.29.